The summed E-state index contributed by atoms with van der Waals surface area (Å²) in [6.45, 7) is 2.74. The molecule has 3 heterocycles. The second kappa shape index (κ2) is 9.98. The zero-order valence-corrected chi connectivity index (χ0v) is 19.0. The van der Waals surface area contributed by atoms with Crippen molar-refractivity contribution in [1.29, 1.82) is 0 Å². The smallest absolute Gasteiger partial charge is 0.213 e. The van der Waals surface area contributed by atoms with Gasteiger partial charge < -0.3 is 19.9 Å². The summed E-state index contributed by atoms with van der Waals surface area (Å²) in [5, 5.41) is 3.61. The zero-order valence-electron chi connectivity index (χ0n) is 15.9. The molecule has 2 aliphatic heterocycles. The first-order valence-electron chi connectivity index (χ1n) is 8.91. The Labute approximate surface area is 178 Å². The predicted molar refractivity (Wildman–Crippen MR) is 120 cm³/mol. The van der Waals surface area contributed by atoms with Gasteiger partial charge in [-0.3, -0.25) is 4.99 Å². The third kappa shape index (κ3) is 5.16. The van der Waals surface area contributed by atoms with Gasteiger partial charge in [0.1, 0.15) is 6.10 Å². The number of guanidine groups is 1. The number of hydrogen-bond donors (Lipinski definition) is 1. The van der Waals surface area contributed by atoms with Gasteiger partial charge in [-0.05, 0) is 32.3 Å². The standard InChI is InChI=1S/C18H29N5OS.HI/c1-19-17(21-13-18(22(2)3)8-11-25-14-18)23-10-7-15(12-23)24-16-6-4-5-9-20-16;/h4-6,9,15H,7-8,10-14H2,1-3H3,(H,19,21);1H. The number of hydrogen-bond acceptors (Lipinski definition) is 5. The number of thioether (sulfide) groups is 1. The molecule has 0 aromatic carbocycles. The molecule has 0 amide bonds. The first kappa shape index (κ1) is 21.6. The summed E-state index contributed by atoms with van der Waals surface area (Å²) < 4.78 is 5.99. The Morgan fingerprint density at radius 1 is 1.50 bits per heavy atom. The van der Waals surface area contributed by atoms with Gasteiger partial charge in [0.15, 0.2) is 5.96 Å². The number of aromatic nitrogens is 1. The van der Waals surface area contributed by atoms with E-state index in [0.29, 0.717) is 5.88 Å². The highest BCUT2D eigenvalue weighted by Crippen LogP contribution is 2.31. The van der Waals surface area contributed by atoms with Gasteiger partial charge in [0.05, 0.1) is 6.54 Å². The number of nitrogens with one attached hydrogen (secondary N) is 1. The highest BCUT2D eigenvalue weighted by Gasteiger charge is 2.37. The van der Waals surface area contributed by atoms with Gasteiger partial charge in [0, 0.05) is 50.1 Å². The van der Waals surface area contributed by atoms with Crippen LogP contribution in [0, 0.1) is 0 Å². The Balaban J connectivity index is 0.00000243. The first-order valence-corrected chi connectivity index (χ1v) is 10.1. The molecular weight excluding hydrogens is 461 g/mol. The van der Waals surface area contributed by atoms with Crippen molar-refractivity contribution in [2.24, 2.45) is 4.99 Å². The lowest BCUT2D eigenvalue weighted by atomic mass is 9.97. The fraction of sp³-hybridized carbons (Fsp3) is 0.667. The summed E-state index contributed by atoms with van der Waals surface area (Å²) in [5.74, 6) is 4.09. The molecule has 2 unspecified atom stereocenters. The van der Waals surface area contributed by atoms with Crippen LogP contribution in [0.4, 0.5) is 0 Å². The Kier molecular flexibility index (Phi) is 8.28. The number of pyridine rings is 1. The highest BCUT2D eigenvalue weighted by atomic mass is 127. The SMILES string of the molecule is CN=C(NCC1(N(C)C)CCSC1)N1CCC(Oc2ccccn2)C1.I. The van der Waals surface area contributed by atoms with E-state index in [2.05, 4.69) is 39.2 Å². The van der Waals surface area contributed by atoms with E-state index < -0.39 is 0 Å². The van der Waals surface area contributed by atoms with E-state index in [1.54, 1.807) is 6.20 Å². The lowest BCUT2D eigenvalue weighted by Crippen LogP contribution is -2.55. The molecule has 0 saturated carbocycles. The number of likely N-dealkylation sites (N-methyl/N-ethyl adjacent to an activating group) is 1. The zero-order chi connectivity index (χ0) is 17.7. The molecule has 1 N–H and O–H groups in total. The Bertz CT molecular complexity index is 580. The van der Waals surface area contributed by atoms with E-state index >= 15 is 0 Å². The lowest BCUT2D eigenvalue weighted by Gasteiger charge is -2.37. The van der Waals surface area contributed by atoms with E-state index in [-0.39, 0.29) is 35.6 Å². The summed E-state index contributed by atoms with van der Waals surface area (Å²) in [7, 11) is 6.23. The topological polar surface area (TPSA) is 53.0 Å². The minimum Gasteiger partial charge on any atom is -0.472 e. The van der Waals surface area contributed by atoms with Gasteiger partial charge >= 0.3 is 0 Å². The molecule has 0 spiro atoms. The molecule has 2 atom stereocenters. The van der Waals surface area contributed by atoms with Gasteiger partial charge in [-0.2, -0.15) is 11.8 Å². The number of nitrogens with zero attached hydrogens (tertiary/aromatic N) is 4. The molecule has 2 saturated heterocycles. The molecule has 2 aliphatic rings. The number of aliphatic imine (C=N–C) groups is 1. The predicted octanol–water partition coefficient (Wildman–Crippen LogP) is 2.17. The summed E-state index contributed by atoms with van der Waals surface area (Å²) >= 11 is 2.04. The van der Waals surface area contributed by atoms with Gasteiger partial charge in [0.2, 0.25) is 5.88 Å². The van der Waals surface area contributed by atoms with Gasteiger partial charge in [-0.15, -0.1) is 24.0 Å². The second-order valence-electron chi connectivity index (χ2n) is 6.96. The maximum Gasteiger partial charge on any atom is 0.213 e. The molecule has 2 fully saturated rings. The summed E-state index contributed by atoms with van der Waals surface area (Å²) in [5.41, 5.74) is 0.226. The van der Waals surface area contributed by atoms with Crippen LogP contribution in [-0.2, 0) is 0 Å². The first-order chi connectivity index (χ1) is 12.1. The van der Waals surface area contributed by atoms with Crippen LogP contribution in [0.25, 0.3) is 0 Å². The Morgan fingerprint density at radius 2 is 2.35 bits per heavy atom. The van der Waals surface area contributed by atoms with Crippen LogP contribution in [-0.4, -0.2) is 84.7 Å². The van der Waals surface area contributed by atoms with Crippen LogP contribution in [0.15, 0.2) is 29.4 Å². The monoisotopic (exact) mass is 491 g/mol. The Hall–Kier alpha value is -0.740. The van der Waals surface area contributed by atoms with E-state index in [1.807, 2.05) is 37.0 Å². The quantitative estimate of drug-likeness (QED) is 0.387. The van der Waals surface area contributed by atoms with Crippen LogP contribution < -0.4 is 10.1 Å². The van der Waals surface area contributed by atoms with E-state index in [1.165, 1.54) is 17.9 Å². The number of ether oxygens (including phenoxy) is 1. The molecule has 26 heavy (non-hydrogen) atoms. The third-order valence-corrected chi connectivity index (χ3v) is 6.42. The van der Waals surface area contributed by atoms with E-state index in [0.717, 1.165) is 32.0 Å². The molecule has 6 nitrogen and oxygen atoms in total. The van der Waals surface area contributed by atoms with Crippen molar-refractivity contribution in [2.45, 2.75) is 24.5 Å². The number of likely N-dealkylation sites (tertiary alicyclic amines) is 1. The van der Waals surface area contributed by atoms with E-state index in [9.17, 15) is 0 Å². The number of rotatable bonds is 5. The van der Waals surface area contributed by atoms with Crippen LogP contribution in [0.3, 0.4) is 0 Å². The molecule has 0 bridgehead atoms. The van der Waals surface area contributed by atoms with E-state index in [4.69, 9.17) is 4.74 Å². The van der Waals surface area contributed by atoms with Crippen molar-refractivity contribution < 1.29 is 4.74 Å². The second-order valence-corrected chi connectivity index (χ2v) is 8.07. The fourth-order valence-electron chi connectivity index (χ4n) is 3.43. The maximum absolute atomic E-state index is 5.99. The van der Waals surface area contributed by atoms with Crippen molar-refractivity contribution in [3.8, 4) is 5.88 Å². The van der Waals surface area contributed by atoms with Crippen LogP contribution >= 0.6 is 35.7 Å². The molecule has 8 heteroatoms. The van der Waals surface area contributed by atoms with Crippen molar-refractivity contribution in [2.75, 3.05) is 52.3 Å². The molecule has 1 aromatic rings. The van der Waals surface area contributed by atoms with Crippen molar-refractivity contribution in [3.63, 3.8) is 0 Å². The maximum atomic E-state index is 5.99. The normalized spacial score (nSPS) is 26.1. The van der Waals surface area contributed by atoms with Gasteiger partial charge in [0.25, 0.3) is 0 Å². The van der Waals surface area contributed by atoms with Gasteiger partial charge in [-0.1, -0.05) is 6.07 Å². The number of halogens is 1. The highest BCUT2D eigenvalue weighted by molar-refractivity contribution is 14.0. The fourth-order valence-corrected chi connectivity index (χ4v) is 4.98. The molecule has 146 valence electrons. The van der Waals surface area contributed by atoms with Gasteiger partial charge in [-0.25, -0.2) is 4.98 Å². The van der Waals surface area contributed by atoms with Crippen LogP contribution in [0.1, 0.15) is 12.8 Å². The van der Waals surface area contributed by atoms with Crippen molar-refractivity contribution in [3.05, 3.63) is 24.4 Å². The average molecular weight is 491 g/mol. The summed E-state index contributed by atoms with van der Waals surface area (Å²) in [6, 6.07) is 5.77. The summed E-state index contributed by atoms with van der Waals surface area (Å²) in [6.07, 6.45) is 4.15. The third-order valence-electron chi connectivity index (χ3n) is 5.19. The van der Waals surface area contributed by atoms with Crippen molar-refractivity contribution in [1.82, 2.24) is 20.1 Å². The minimum atomic E-state index is 0. The molecular formula is C18H30IN5OS. The molecule has 0 radical (unpaired) electrons. The Morgan fingerprint density at radius 3 is 2.96 bits per heavy atom. The molecule has 3 rings (SSSR count). The average Bonchev–Trinajstić information content (AvgIpc) is 3.27. The minimum absolute atomic E-state index is 0. The largest absolute Gasteiger partial charge is 0.472 e. The molecule has 0 aliphatic carbocycles. The van der Waals surface area contributed by atoms with Crippen LogP contribution in [0.5, 0.6) is 5.88 Å². The lowest BCUT2D eigenvalue weighted by molar-refractivity contribution is 0.180. The van der Waals surface area contributed by atoms with Crippen LogP contribution in [0.2, 0.25) is 0 Å². The summed E-state index contributed by atoms with van der Waals surface area (Å²) in [4.78, 5) is 13.4. The molecule has 1 aromatic heterocycles. The van der Waals surface area contributed by atoms with Crippen molar-refractivity contribution >= 4 is 41.7 Å².